The molecule has 0 aliphatic heterocycles. The highest BCUT2D eigenvalue weighted by Gasteiger charge is 2.64. The molecule has 3 nitrogen and oxygen atoms in total. The van der Waals surface area contributed by atoms with Gasteiger partial charge in [-0.25, -0.2) is 0 Å². The summed E-state index contributed by atoms with van der Waals surface area (Å²) >= 11 is 6.07. The maximum atomic E-state index is 6.07. The van der Waals surface area contributed by atoms with Gasteiger partial charge >= 0.3 is 0 Å². The predicted molar refractivity (Wildman–Crippen MR) is 65.5 cm³/mol. The Morgan fingerprint density at radius 2 is 1.75 bits per heavy atom. The molecule has 1 aliphatic rings. The van der Waals surface area contributed by atoms with Crippen LogP contribution in [0.3, 0.4) is 0 Å². The molecule has 0 bridgehead atoms. The van der Waals surface area contributed by atoms with Gasteiger partial charge in [0.25, 0.3) is 0 Å². The zero-order chi connectivity index (χ0) is 12.1. The summed E-state index contributed by atoms with van der Waals surface area (Å²) in [5.41, 5.74) is 0.761. The van der Waals surface area contributed by atoms with Crippen molar-refractivity contribution >= 4 is 11.6 Å². The van der Waals surface area contributed by atoms with E-state index in [1.807, 2.05) is 0 Å². The van der Waals surface area contributed by atoms with Crippen molar-refractivity contribution < 1.29 is 0 Å². The van der Waals surface area contributed by atoms with Crippen molar-refractivity contribution in [3.05, 3.63) is 11.1 Å². The summed E-state index contributed by atoms with van der Waals surface area (Å²) < 4.78 is 2.06. The lowest BCUT2D eigenvalue weighted by Gasteiger charge is -2.07. The van der Waals surface area contributed by atoms with Crippen molar-refractivity contribution in [1.29, 1.82) is 0 Å². The van der Waals surface area contributed by atoms with Crippen LogP contribution >= 0.6 is 11.6 Å². The molecular weight excluding hydrogens is 222 g/mol. The summed E-state index contributed by atoms with van der Waals surface area (Å²) in [4.78, 5) is 0. The number of aryl methyl sites for hydroxylation is 1. The number of halogens is 1. The predicted octanol–water partition coefficient (Wildman–Crippen LogP) is 3.18. The number of aromatic nitrogens is 3. The molecule has 0 amide bonds. The van der Waals surface area contributed by atoms with E-state index >= 15 is 0 Å². The molecule has 0 spiro atoms. The molecule has 16 heavy (non-hydrogen) atoms. The smallest absolute Gasteiger partial charge is 0.225 e. The van der Waals surface area contributed by atoms with E-state index in [9.17, 15) is 0 Å². The van der Waals surface area contributed by atoms with E-state index in [1.165, 1.54) is 0 Å². The molecule has 2 rings (SSSR count). The van der Waals surface area contributed by atoms with E-state index in [0.29, 0.717) is 22.0 Å². The first kappa shape index (κ1) is 11.9. The third-order valence-corrected chi connectivity index (χ3v) is 5.06. The molecular formula is C12H20ClN3. The quantitative estimate of drug-likeness (QED) is 0.814. The largest absolute Gasteiger partial charge is 0.301 e. The molecule has 0 aromatic carbocycles. The number of hydrogen-bond donors (Lipinski definition) is 0. The van der Waals surface area contributed by atoms with Gasteiger partial charge in [-0.3, -0.25) is 0 Å². The van der Waals surface area contributed by atoms with Crippen molar-refractivity contribution in [1.82, 2.24) is 14.8 Å². The highest BCUT2D eigenvalue weighted by atomic mass is 35.5. The molecule has 0 radical (unpaired) electrons. The fourth-order valence-corrected chi connectivity index (χ4v) is 2.93. The Morgan fingerprint density at radius 1 is 1.19 bits per heavy atom. The molecule has 1 aromatic heterocycles. The fraction of sp³-hybridized carbons (Fsp3) is 0.833. The second-order valence-corrected chi connectivity index (χ2v) is 6.18. The Labute approximate surface area is 102 Å². The van der Waals surface area contributed by atoms with Gasteiger partial charge in [0.1, 0.15) is 5.82 Å². The summed E-state index contributed by atoms with van der Waals surface area (Å²) in [6, 6.07) is 0. The van der Waals surface area contributed by atoms with Crippen LogP contribution < -0.4 is 0 Å². The SMILES string of the molecule is CCc1nnc(Cl)n1CC1C(C)(C)C1(C)C. The number of nitrogens with zero attached hydrogens (tertiary/aromatic N) is 3. The Hall–Kier alpha value is -0.570. The van der Waals surface area contributed by atoms with Crippen molar-refractivity contribution in [2.24, 2.45) is 16.7 Å². The van der Waals surface area contributed by atoms with Crippen molar-refractivity contribution in [2.75, 3.05) is 0 Å². The second kappa shape index (κ2) is 3.46. The van der Waals surface area contributed by atoms with Gasteiger partial charge in [0, 0.05) is 13.0 Å². The summed E-state index contributed by atoms with van der Waals surface area (Å²) in [5, 5.41) is 8.56. The van der Waals surface area contributed by atoms with Crippen LogP contribution in [-0.2, 0) is 13.0 Å². The molecule has 90 valence electrons. The second-order valence-electron chi connectivity index (χ2n) is 5.85. The normalized spacial score (nSPS) is 22.4. The van der Waals surface area contributed by atoms with Crippen LogP contribution in [0.5, 0.6) is 0 Å². The lowest BCUT2D eigenvalue weighted by atomic mass is 10.0. The highest BCUT2D eigenvalue weighted by Crippen LogP contribution is 2.68. The van der Waals surface area contributed by atoms with Crippen LogP contribution in [0, 0.1) is 16.7 Å². The van der Waals surface area contributed by atoms with E-state index < -0.39 is 0 Å². The molecule has 0 saturated heterocycles. The van der Waals surface area contributed by atoms with Crippen LogP contribution in [0.2, 0.25) is 5.28 Å². The Bertz CT molecular complexity index is 392. The minimum atomic E-state index is 0.381. The van der Waals surface area contributed by atoms with Gasteiger partial charge in [0.2, 0.25) is 5.28 Å². The Balaban J connectivity index is 2.20. The van der Waals surface area contributed by atoms with Gasteiger partial charge in [0.15, 0.2) is 0 Å². The third kappa shape index (κ3) is 1.48. The lowest BCUT2D eigenvalue weighted by Crippen LogP contribution is -2.08. The van der Waals surface area contributed by atoms with Crippen molar-refractivity contribution in [3.8, 4) is 0 Å². The van der Waals surface area contributed by atoms with Crippen LogP contribution in [0.15, 0.2) is 0 Å². The van der Waals surface area contributed by atoms with Gasteiger partial charge in [-0.15, -0.1) is 10.2 Å². The van der Waals surface area contributed by atoms with Gasteiger partial charge in [-0.1, -0.05) is 34.6 Å². The first-order valence-corrected chi connectivity index (χ1v) is 6.27. The molecule has 1 heterocycles. The topological polar surface area (TPSA) is 30.7 Å². The van der Waals surface area contributed by atoms with E-state index in [-0.39, 0.29) is 0 Å². The van der Waals surface area contributed by atoms with Crippen LogP contribution in [0.4, 0.5) is 0 Å². The van der Waals surface area contributed by atoms with Crippen LogP contribution in [0.25, 0.3) is 0 Å². The van der Waals surface area contributed by atoms with Gasteiger partial charge in [-0.2, -0.15) is 0 Å². The number of rotatable bonds is 3. The van der Waals surface area contributed by atoms with Crippen LogP contribution in [0.1, 0.15) is 40.4 Å². The van der Waals surface area contributed by atoms with Gasteiger partial charge in [0.05, 0.1) is 0 Å². The minimum Gasteiger partial charge on any atom is -0.301 e. The Morgan fingerprint density at radius 3 is 2.19 bits per heavy atom. The average molecular weight is 242 g/mol. The zero-order valence-electron chi connectivity index (χ0n) is 10.7. The van der Waals surface area contributed by atoms with Gasteiger partial charge < -0.3 is 4.57 Å². The molecule has 0 unspecified atom stereocenters. The maximum Gasteiger partial charge on any atom is 0.225 e. The highest BCUT2D eigenvalue weighted by molar-refractivity contribution is 6.28. The zero-order valence-corrected chi connectivity index (χ0v) is 11.5. The molecule has 0 N–H and O–H groups in total. The molecule has 1 aliphatic carbocycles. The molecule has 4 heteroatoms. The standard InChI is InChI=1S/C12H20ClN3/c1-6-9-14-15-10(13)16(9)7-8-11(2,3)12(8,4)5/h8H,6-7H2,1-5H3. The monoisotopic (exact) mass is 241 g/mol. The Kier molecular flexibility index (Phi) is 2.57. The first-order valence-electron chi connectivity index (χ1n) is 5.90. The minimum absolute atomic E-state index is 0.381. The van der Waals surface area contributed by atoms with E-state index in [0.717, 1.165) is 18.8 Å². The lowest BCUT2D eigenvalue weighted by molar-refractivity contribution is 0.457. The molecule has 1 aromatic rings. The summed E-state index contributed by atoms with van der Waals surface area (Å²) in [6.45, 7) is 12.3. The third-order valence-electron chi connectivity index (χ3n) is 4.78. The molecule has 0 atom stereocenters. The maximum absolute atomic E-state index is 6.07. The summed E-state index contributed by atoms with van der Waals surface area (Å²) in [5.74, 6) is 1.64. The van der Waals surface area contributed by atoms with Crippen LogP contribution in [-0.4, -0.2) is 14.8 Å². The van der Waals surface area contributed by atoms with Crippen molar-refractivity contribution in [2.45, 2.75) is 47.6 Å². The first-order chi connectivity index (χ1) is 7.32. The van der Waals surface area contributed by atoms with Gasteiger partial charge in [-0.05, 0) is 28.3 Å². The fourth-order valence-electron chi connectivity index (χ4n) is 2.73. The van der Waals surface area contributed by atoms with E-state index in [1.54, 1.807) is 0 Å². The van der Waals surface area contributed by atoms with Crippen molar-refractivity contribution in [3.63, 3.8) is 0 Å². The molecule has 1 saturated carbocycles. The average Bonchev–Trinajstić information content (AvgIpc) is 2.48. The summed E-state index contributed by atoms with van der Waals surface area (Å²) in [7, 11) is 0. The van der Waals surface area contributed by atoms with E-state index in [4.69, 9.17) is 11.6 Å². The van der Waals surface area contributed by atoms with E-state index in [2.05, 4.69) is 49.4 Å². The number of hydrogen-bond acceptors (Lipinski definition) is 2. The summed E-state index contributed by atoms with van der Waals surface area (Å²) in [6.07, 6.45) is 0.882. The molecule has 1 fully saturated rings.